The van der Waals surface area contributed by atoms with Crippen molar-refractivity contribution in [1.29, 1.82) is 0 Å². The number of hydrogen-bond donors (Lipinski definition) is 36. The van der Waals surface area contributed by atoms with Crippen molar-refractivity contribution in [3.63, 3.8) is 0 Å². The fraction of sp³-hybridized carbons (Fsp3) is 0.750. The van der Waals surface area contributed by atoms with E-state index in [1.54, 1.807) is 49.5 Å². The summed E-state index contributed by atoms with van der Waals surface area (Å²) in [5.74, 6) is -2.63. The van der Waals surface area contributed by atoms with Gasteiger partial charge in [-0.25, -0.2) is 8.42 Å². The first-order valence-electron chi connectivity index (χ1n) is 51.0. The van der Waals surface area contributed by atoms with Crippen molar-refractivity contribution < 1.29 is 241 Å². The molecule has 31 unspecified atom stereocenters. The van der Waals surface area contributed by atoms with E-state index < -0.39 is 303 Å². The van der Waals surface area contributed by atoms with Gasteiger partial charge in [0.2, 0.25) is 0 Å². The molecule has 3 rings (SSSR count). The average Bonchev–Trinajstić information content (AvgIpc) is 0.808. The molecule has 0 radical (unpaired) electrons. The van der Waals surface area contributed by atoms with Crippen molar-refractivity contribution in [1.82, 2.24) is 0 Å². The smallest absolute Gasteiger partial charge is 0.748 e. The molecule has 0 aromatic carbocycles. The van der Waals surface area contributed by atoms with Crippen LogP contribution >= 0.6 is 0 Å². The molecule has 0 aromatic heterocycles. The molecule has 852 valence electrons. The predicted molar refractivity (Wildman–Crippen MR) is 538 cm³/mol. The normalized spacial score (nSPS) is 27.5. The van der Waals surface area contributed by atoms with Gasteiger partial charge in [0.15, 0.2) is 0 Å². The molecule has 0 aromatic rings. The Hall–Kier alpha value is -4.03. The van der Waals surface area contributed by atoms with Gasteiger partial charge in [-0.2, -0.15) is 0 Å². The summed E-state index contributed by atoms with van der Waals surface area (Å²) in [6.45, 7) is 17.0. The van der Waals surface area contributed by atoms with Crippen LogP contribution in [0.15, 0.2) is 157 Å². The maximum absolute atomic E-state index is 11.2. The summed E-state index contributed by atoms with van der Waals surface area (Å²) in [6, 6.07) is 0. The molecule has 44 heteroatoms. The van der Waals surface area contributed by atoms with Crippen LogP contribution in [-0.4, -0.2) is 459 Å². The first-order chi connectivity index (χ1) is 68.9. The van der Waals surface area contributed by atoms with Crippen molar-refractivity contribution in [2.45, 2.75) is 470 Å². The minimum atomic E-state index is -4.26. The molecule has 0 spiro atoms. The fourth-order valence-electron chi connectivity index (χ4n) is 17.3. The maximum Gasteiger partial charge on any atom is 1.00 e. The minimum Gasteiger partial charge on any atom is -0.748 e. The SMILES string of the molecule is C=CCCC(O)/C=C/C=C/C(O)CC/C=C/C(O)[C@H](O)[C@@H]1O[C@@H](C(O)C(O)C(=C)CCC(O)[C@H]2C[C@@H](O)[C@@H](O)[C@H](C(O)C(O)/C=C(\C)CCC(O)CC(O)C(O)C(C)C(O)C(O)C/C=C/CC(O)/C=C/CC(O)CC/C=C/C(O)C(O)CC(O)C(O)C(O)C(=C)CCC(O)[C@H]3C[C@@H](O)[C@@H](O)[C@H](C(O)C(O)/C=C(\C)CCC(O)CC(O)C(O)C(C)C(O)C(O)C/C=C/CC(O)/C=C/CCCCCS(=O)(=O)[O-])O3)O2)C[C@@H](O)[C@H]1O.[Na+]. The minimum absolute atomic E-state index is 0. The zero-order valence-corrected chi connectivity index (χ0v) is 88.5. The van der Waals surface area contributed by atoms with Gasteiger partial charge >= 0.3 is 29.6 Å². The Morgan fingerprint density at radius 1 is 0.351 bits per heavy atom. The topological polar surface area (TPSA) is 813 Å². The fourth-order valence-corrected chi connectivity index (χ4v) is 17.9. The molecule has 42 nitrogen and oxygen atoms in total. The zero-order valence-electron chi connectivity index (χ0n) is 85.7. The molecular formula is C104H177NaO42S. The van der Waals surface area contributed by atoms with Gasteiger partial charge in [0, 0.05) is 56.1 Å². The van der Waals surface area contributed by atoms with Crippen molar-refractivity contribution in [2.24, 2.45) is 11.8 Å². The Morgan fingerprint density at radius 2 is 0.723 bits per heavy atom. The maximum atomic E-state index is 11.2. The average molecular weight is 2150 g/mol. The molecule has 148 heavy (non-hydrogen) atoms. The summed E-state index contributed by atoms with van der Waals surface area (Å²) in [4.78, 5) is 0. The largest absolute Gasteiger partial charge is 1.00 e. The molecule has 3 aliphatic rings. The summed E-state index contributed by atoms with van der Waals surface area (Å²) in [5.41, 5.74) is 0.655. The summed E-state index contributed by atoms with van der Waals surface area (Å²) in [6.07, 6.45) is -35.7. The van der Waals surface area contributed by atoms with Gasteiger partial charge in [0.25, 0.3) is 0 Å². The quantitative estimate of drug-likeness (QED) is 0.00885. The Morgan fingerprint density at radius 3 is 1.16 bits per heavy atom. The summed E-state index contributed by atoms with van der Waals surface area (Å²) in [7, 11) is -4.26. The molecule has 36 N–H and O–H groups in total. The van der Waals surface area contributed by atoms with E-state index in [9.17, 15) is 197 Å². The van der Waals surface area contributed by atoms with Crippen LogP contribution in [0.25, 0.3) is 0 Å². The van der Waals surface area contributed by atoms with Crippen LogP contribution in [0.2, 0.25) is 0 Å². The van der Waals surface area contributed by atoms with Gasteiger partial charge < -0.3 is 203 Å². The van der Waals surface area contributed by atoms with E-state index >= 15 is 0 Å². The number of hydrogen-bond acceptors (Lipinski definition) is 42. The summed E-state index contributed by atoms with van der Waals surface area (Å²) >= 11 is 0. The van der Waals surface area contributed by atoms with Crippen LogP contribution in [0.4, 0.5) is 0 Å². The van der Waals surface area contributed by atoms with E-state index in [2.05, 4.69) is 19.7 Å². The number of ether oxygens (including phenoxy) is 3. The van der Waals surface area contributed by atoms with Crippen LogP contribution < -0.4 is 29.6 Å². The zero-order chi connectivity index (χ0) is 111. The van der Waals surface area contributed by atoms with Gasteiger partial charge in [0.1, 0.15) is 97.7 Å². The molecule has 44 atom stereocenters. The van der Waals surface area contributed by atoms with E-state index in [0.717, 1.165) is 0 Å². The number of allylic oxidation sites excluding steroid dienone is 8. The molecule has 3 saturated heterocycles. The number of rotatable bonds is 75. The Balaban J connectivity index is 0.0000740. The van der Waals surface area contributed by atoms with Crippen molar-refractivity contribution in [3.8, 4) is 0 Å². The third-order valence-corrected chi connectivity index (χ3v) is 28.0. The molecule has 0 bridgehead atoms. The van der Waals surface area contributed by atoms with Gasteiger partial charge in [0.05, 0.1) is 169 Å². The molecule has 3 heterocycles. The Kier molecular flexibility index (Phi) is 69.6. The molecule has 0 aliphatic carbocycles. The second-order valence-electron chi connectivity index (χ2n) is 40.0. The number of unbranched alkanes of at least 4 members (excludes halogenated alkanes) is 3. The Labute approximate surface area is 890 Å². The van der Waals surface area contributed by atoms with Crippen molar-refractivity contribution >= 4 is 10.1 Å². The second kappa shape index (κ2) is 73.5. The summed E-state index contributed by atoms with van der Waals surface area (Å²) < 4.78 is 49.5. The molecule has 0 amide bonds. The van der Waals surface area contributed by atoms with Gasteiger partial charge in [-0.05, 0) is 166 Å². The number of aliphatic hydroxyl groups is 36. The van der Waals surface area contributed by atoms with E-state index in [4.69, 9.17) is 14.2 Å². The Bertz CT molecular complexity index is 4070. The standard InChI is InChI=1S/C104H178O42S.Na/c1-8-9-26-63(105)28-14-15-29-65(107)31-19-23-39-75(117)95(134)102-100(139)84(126)56-87(146-102)101(140)89(128)60(5)43-47-72(114)86-55-83(125)99(138)104(145-86)97(136)78(120)50-58(3)41-45-69(111)52-80(122)93(132)62(7)91(130)74(116)38-22-18-33-67(109)35-25-34-66(108)32-16-20-36-70(112)76(118)53-81(123)94(133)88(127)59(4)42-46-71(113)85-54-82(124)98(137)103(144-85)96(135)77(119)49-57(2)40-44-68(110)51-79(121)92(131)61(6)90(129)73(115)37-21-17-30-64(106)27-13-11-10-12-24-48-147(141,142)143;/h8,13-15,17-18,20-23,25,27-29,35-36,39,49-50,61-140H,1,4-5,9-12,16,19,24,26,30-34,37-38,40-48,51-56H2,2-3,6-7H3,(H,141,142,143);/q;+1/p-1/b21-17+,22-18+,27-13+,28-14+,29-15+,35-25+,36-20+,39-23+,57-49+,58-50+;/t61?,62?,63?,64?,65?,66?,67?,68?,69?,70?,71?,72?,73?,74?,75?,76?,77?,78?,79?,80?,81?,82-,83-,84-,85-,86-,87-,88?,89?,90?,91?,92?,93?,94?,95+,96?,97?,98-,99-,100-,101?,102+,103+,104+;/m1./s1. The number of aliphatic hydroxyl groups excluding tert-OH is 36. The monoisotopic (exact) mass is 2150 g/mol. The van der Waals surface area contributed by atoms with E-state index in [-0.39, 0.29) is 176 Å². The van der Waals surface area contributed by atoms with Gasteiger partial charge in [-0.1, -0.05) is 160 Å². The van der Waals surface area contributed by atoms with Crippen LogP contribution in [-0.2, 0) is 24.3 Å². The molecule has 3 fully saturated rings. The van der Waals surface area contributed by atoms with Crippen molar-refractivity contribution in [2.75, 3.05) is 5.75 Å². The predicted octanol–water partition coefficient (Wildman–Crippen LogP) is -6.94. The molecule has 0 saturated carbocycles. The first kappa shape index (κ1) is 140. The second-order valence-corrected chi connectivity index (χ2v) is 41.5. The van der Waals surface area contributed by atoms with Crippen LogP contribution in [0.1, 0.15) is 214 Å². The third-order valence-electron chi connectivity index (χ3n) is 27.2. The third kappa shape index (κ3) is 52.4. The van der Waals surface area contributed by atoms with Crippen molar-refractivity contribution in [3.05, 3.63) is 157 Å². The first-order valence-corrected chi connectivity index (χ1v) is 52.6. The van der Waals surface area contributed by atoms with Gasteiger partial charge in [-0.15, -0.1) is 6.58 Å². The van der Waals surface area contributed by atoms with Crippen LogP contribution in [0.3, 0.4) is 0 Å². The van der Waals surface area contributed by atoms with Gasteiger partial charge in [-0.3, -0.25) is 0 Å². The van der Waals surface area contributed by atoms with E-state index in [1.165, 1.54) is 93.7 Å². The van der Waals surface area contributed by atoms with Crippen LogP contribution in [0.5, 0.6) is 0 Å². The van der Waals surface area contributed by atoms with E-state index in [0.29, 0.717) is 43.3 Å². The van der Waals surface area contributed by atoms with E-state index in [1.807, 2.05) is 0 Å². The van der Waals surface area contributed by atoms with Crippen LogP contribution in [0, 0.1) is 11.8 Å². The summed E-state index contributed by atoms with van der Waals surface area (Å²) in [5, 5.41) is 389. The molecule has 3 aliphatic heterocycles. The molecular weight excluding hydrogens is 1980 g/mol.